The Kier molecular flexibility index (Phi) is 4.52. The van der Waals surface area contributed by atoms with Crippen molar-refractivity contribution in [1.82, 2.24) is 4.90 Å². The van der Waals surface area contributed by atoms with E-state index in [1.165, 1.54) is 13.2 Å². The van der Waals surface area contributed by atoms with Gasteiger partial charge in [0.25, 0.3) is 0 Å². The van der Waals surface area contributed by atoms with Crippen LogP contribution < -0.4 is 0 Å². The predicted octanol–water partition coefficient (Wildman–Crippen LogP) is 1.79. The Labute approximate surface area is 80.4 Å². The van der Waals surface area contributed by atoms with E-state index < -0.39 is 0 Å². The maximum absolute atomic E-state index is 10.8. The van der Waals surface area contributed by atoms with E-state index in [0.29, 0.717) is 0 Å². The fraction of sp³-hybridized carbons (Fsp3) is 0.700. The minimum absolute atomic E-state index is 0.0739. The van der Waals surface area contributed by atoms with Gasteiger partial charge in [0.05, 0.1) is 7.11 Å². The van der Waals surface area contributed by atoms with Gasteiger partial charge in [0.1, 0.15) is 0 Å². The molecule has 0 bridgehead atoms. The third-order valence-electron chi connectivity index (χ3n) is 2.46. The summed E-state index contributed by atoms with van der Waals surface area (Å²) in [5.74, 6) is -0.321. The molecule has 0 aromatic rings. The number of ether oxygens (including phenoxy) is 1. The van der Waals surface area contributed by atoms with Gasteiger partial charge < -0.3 is 9.64 Å². The van der Waals surface area contributed by atoms with Gasteiger partial charge in [-0.1, -0.05) is 6.92 Å². The van der Waals surface area contributed by atoms with Crippen molar-refractivity contribution < 1.29 is 9.53 Å². The predicted molar refractivity (Wildman–Crippen MR) is 53.3 cm³/mol. The lowest BCUT2D eigenvalue weighted by molar-refractivity contribution is -0.134. The minimum atomic E-state index is -0.321. The van der Waals surface area contributed by atoms with E-state index in [9.17, 15) is 4.79 Å². The summed E-state index contributed by atoms with van der Waals surface area (Å²) in [6, 6.07) is 0. The van der Waals surface area contributed by atoms with Crippen LogP contribution in [0.25, 0.3) is 0 Å². The van der Waals surface area contributed by atoms with Crippen LogP contribution in [-0.2, 0) is 9.53 Å². The highest BCUT2D eigenvalue weighted by Gasteiger charge is 2.17. The van der Waals surface area contributed by atoms with E-state index in [-0.39, 0.29) is 11.5 Å². The molecule has 0 saturated heterocycles. The number of hydrogen-bond acceptors (Lipinski definition) is 3. The number of carbonyl (C=O) groups is 1. The molecule has 0 heterocycles. The van der Waals surface area contributed by atoms with Crippen molar-refractivity contribution in [2.24, 2.45) is 0 Å². The zero-order valence-electron chi connectivity index (χ0n) is 9.13. The summed E-state index contributed by atoms with van der Waals surface area (Å²) < 4.78 is 4.49. The molecule has 0 rings (SSSR count). The van der Waals surface area contributed by atoms with Gasteiger partial charge in [0.2, 0.25) is 0 Å². The number of carbonyl (C=O) groups excluding carboxylic acids is 1. The summed E-state index contributed by atoms with van der Waals surface area (Å²) in [5, 5.41) is 0. The molecular weight excluding hydrogens is 166 g/mol. The third kappa shape index (κ3) is 3.97. The maximum atomic E-state index is 10.8. The Bertz CT molecular complexity index is 197. The van der Waals surface area contributed by atoms with Gasteiger partial charge in [-0.15, -0.1) is 0 Å². The number of rotatable bonds is 4. The summed E-state index contributed by atoms with van der Waals surface area (Å²) in [4.78, 5) is 12.8. The van der Waals surface area contributed by atoms with Gasteiger partial charge in [-0.05, 0) is 20.3 Å². The lowest BCUT2D eigenvalue weighted by atomic mass is 10.0. The number of nitrogens with zero attached hydrogens (tertiary/aromatic N) is 1. The molecule has 13 heavy (non-hydrogen) atoms. The molecule has 0 aliphatic heterocycles. The van der Waals surface area contributed by atoms with Gasteiger partial charge in [0, 0.05) is 24.9 Å². The Morgan fingerprint density at radius 2 is 2.08 bits per heavy atom. The molecule has 76 valence electrons. The van der Waals surface area contributed by atoms with Crippen molar-refractivity contribution in [3.63, 3.8) is 0 Å². The van der Waals surface area contributed by atoms with Gasteiger partial charge in [0.15, 0.2) is 0 Å². The lowest BCUT2D eigenvalue weighted by Crippen LogP contribution is -2.36. The molecule has 0 aromatic carbocycles. The van der Waals surface area contributed by atoms with Crippen molar-refractivity contribution in [3.05, 3.63) is 12.3 Å². The maximum Gasteiger partial charge on any atom is 0.331 e. The Balaban J connectivity index is 4.21. The first kappa shape index (κ1) is 12.0. The average molecular weight is 185 g/mol. The van der Waals surface area contributed by atoms with Crippen LogP contribution in [0.2, 0.25) is 0 Å². The highest BCUT2D eigenvalue weighted by molar-refractivity contribution is 5.81. The molecule has 0 saturated carbocycles. The van der Waals surface area contributed by atoms with Gasteiger partial charge >= 0.3 is 5.97 Å². The molecule has 0 radical (unpaired) electrons. The lowest BCUT2D eigenvalue weighted by Gasteiger charge is -2.33. The summed E-state index contributed by atoms with van der Waals surface area (Å²) >= 11 is 0. The van der Waals surface area contributed by atoms with Crippen LogP contribution in [0.1, 0.15) is 27.2 Å². The van der Waals surface area contributed by atoms with E-state index >= 15 is 0 Å². The highest BCUT2D eigenvalue weighted by atomic mass is 16.5. The van der Waals surface area contributed by atoms with Crippen LogP contribution in [0.15, 0.2) is 12.3 Å². The molecule has 0 N–H and O–H groups in total. The van der Waals surface area contributed by atoms with Crippen LogP contribution in [0.5, 0.6) is 0 Å². The van der Waals surface area contributed by atoms with Gasteiger partial charge in [-0.25, -0.2) is 4.79 Å². The molecular formula is C10H19NO2. The third-order valence-corrected chi connectivity index (χ3v) is 2.46. The molecule has 0 spiro atoms. The van der Waals surface area contributed by atoms with E-state index in [4.69, 9.17) is 0 Å². The topological polar surface area (TPSA) is 29.5 Å². The minimum Gasteiger partial charge on any atom is -0.466 e. The zero-order valence-corrected chi connectivity index (χ0v) is 9.13. The highest BCUT2D eigenvalue weighted by Crippen LogP contribution is 2.16. The fourth-order valence-corrected chi connectivity index (χ4v) is 0.692. The van der Waals surface area contributed by atoms with Crippen molar-refractivity contribution >= 4 is 5.97 Å². The molecule has 3 heteroatoms. The first-order chi connectivity index (χ1) is 5.94. The van der Waals surface area contributed by atoms with Crippen LogP contribution in [0, 0.1) is 0 Å². The van der Waals surface area contributed by atoms with Crippen LogP contribution in [0.4, 0.5) is 0 Å². The largest absolute Gasteiger partial charge is 0.466 e. The number of methoxy groups -OCH3 is 1. The van der Waals surface area contributed by atoms with Crippen molar-refractivity contribution in [1.29, 1.82) is 0 Å². The smallest absolute Gasteiger partial charge is 0.331 e. The molecule has 0 aliphatic rings. The van der Waals surface area contributed by atoms with Crippen molar-refractivity contribution in [2.45, 2.75) is 32.7 Å². The number of esters is 1. The average Bonchev–Trinajstić information content (AvgIpc) is 2.13. The Morgan fingerprint density at radius 1 is 1.54 bits per heavy atom. The first-order valence-electron chi connectivity index (χ1n) is 4.43. The monoisotopic (exact) mass is 185 g/mol. The second kappa shape index (κ2) is 4.90. The summed E-state index contributed by atoms with van der Waals surface area (Å²) in [7, 11) is 3.32. The molecule has 0 atom stereocenters. The Morgan fingerprint density at radius 3 is 2.46 bits per heavy atom. The second-order valence-corrected chi connectivity index (χ2v) is 3.62. The van der Waals surface area contributed by atoms with Gasteiger partial charge in [-0.2, -0.15) is 0 Å². The molecule has 3 nitrogen and oxygen atoms in total. The fourth-order valence-electron chi connectivity index (χ4n) is 0.692. The molecule has 0 aliphatic carbocycles. The Hall–Kier alpha value is -0.990. The first-order valence-corrected chi connectivity index (χ1v) is 4.43. The summed E-state index contributed by atoms with van der Waals surface area (Å²) in [5.41, 5.74) is 0.0739. The van der Waals surface area contributed by atoms with Crippen LogP contribution >= 0.6 is 0 Å². The van der Waals surface area contributed by atoms with E-state index in [1.807, 2.05) is 11.9 Å². The molecule has 0 fully saturated rings. The van der Waals surface area contributed by atoms with E-state index in [2.05, 4.69) is 25.5 Å². The summed E-state index contributed by atoms with van der Waals surface area (Å²) in [6.07, 6.45) is 4.20. The van der Waals surface area contributed by atoms with Crippen molar-refractivity contribution in [2.75, 3.05) is 14.2 Å². The van der Waals surface area contributed by atoms with Crippen LogP contribution in [0.3, 0.4) is 0 Å². The molecule has 0 aromatic heterocycles. The number of hydrogen-bond donors (Lipinski definition) is 0. The molecule has 0 unspecified atom stereocenters. The van der Waals surface area contributed by atoms with Gasteiger partial charge in [-0.3, -0.25) is 0 Å². The molecule has 0 amide bonds. The normalized spacial score (nSPS) is 11.8. The quantitative estimate of drug-likeness (QED) is 0.494. The standard InChI is InChI=1S/C10H19NO2/c1-6-10(2,3)11(4)8-7-9(12)13-5/h7-8H,6H2,1-5H3. The summed E-state index contributed by atoms with van der Waals surface area (Å²) in [6.45, 7) is 6.35. The van der Waals surface area contributed by atoms with E-state index in [0.717, 1.165) is 6.42 Å². The van der Waals surface area contributed by atoms with E-state index in [1.54, 1.807) is 6.20 Å². The second-order valence-electron chi connectivity index (χ2n) is 3.62. The zero-order chi connectivity index (χ0) is 10.5. The SMILES string of the molecule is CCC(C)(C)N(C)C=CC(=O)OC. The van der Waals surface area contributed by atoms with Crippen LogP contribution in [-0.4, -0.2) is 30.6 Å². The van der Waals surface area contributed by atoms with Crippen molar-refractivity contribution in [3.8, 4) is 0 Å².